The number of benzene rings is 3. The van der Waals surface area contributed by atoms with Crippen molar-refractivity contribution >= 4 is 52.5 Å². The predicted octanol–water partition coefficient (Wildman–Crippen LogP) is 6.22. The number of fused-ring (bicyclic) bond motifs is 5. The Morgan fingerprint density at radius 1 is 0.971 bits per heavy atom. The molecule has 0 unspecified atom stereocenters. The van der Waals surface area contributed by atoms with Gasteiger partial charge in [0.1, 0.15) is 6.21 Å². The molecule has 0 spiro atoms. The highest BCUT2D eigenvalue weighted by molar-refractivity contribution is 6.58. The number of aromatic nitrogens is 1. The minimum absolute atomic E-state index is 0.401. The van der Waals surface area contributed by atoms with Crippen LogP contribution in [-0.2, 0) is 0 Å². The molecule has 0 radical (unpaired) electrons. The van der Waals surface area contributed by atoms with Gasteiger partial charge < -0.3 is 23.3 Å². The fourth-order valence-corrected chi connectivity index (χ4v) is 5.48. The van der Waals surface area contributed by atoms with Gasteiger partial charge in [-0.2, -0.15) is 0 Å². The Morgan fingerprint density at radius 3 is 2.50 bits per heavy atom. The minimum atomic E-state index is -4.01. The van der Waals surface area contributed by atoms with Crippen LogP contribution in [0.15, 0.2) is 78.5 Å². The van der Waals surface area contributed by atoms with Crippen molar-refractivity contribution in [2.24, 2.45) is 5.73 Å². The van der Waals surface area contributed by atoms with E-state index in [2.05, 4.69) is 30.3 Å². The highest BCUT2D eigenvalue weighted by Crippen LogP contribution is 2.40. The molecule has 1 aromatic heterocycles. The van der Waals surface area contributed by atoms with Gasteiger partial charge in [0.15, 0.2) is 5.70 Å². The third-order valence-corrected chi connectivity index (χ3v) is 6.90. The Balaban J connectivity index is 1.55. The first-order valence-corrected chi connectivity index (χ1v) is 11.6. The number of allylic oxidation sites excluding steroid dienone is 2. The summed E-state index contributed by atoms with van der Waals surface area (Å²) < 4.78 is 33.9. The molecule has 3 aromatic carbocycles. The lowest BCUT2D eigenvalue weighted by Crippen LogP contribution is -2.50. The first-order valence-electron chi connectivity index (χ1n) is 11.6. The van der Waals surface area contributed by atoms with E-state index in [9.17, 15) is 0 Å². The third-order valence-electron chi connectivity index (χ3n) is 6.90. The highest BCUT2D eigenvalue weighted by atomic mass is 19.2. The van der Waals surface area contributed by atoms with E-state index in [1.165, 1.54) is 16.1 Å². The number of halogens is 2. The fourth-order valence-electron chi connectivity index (χ4n) is 5.48. The molecule has 6 heteroatoms. The molecule has 3 heterocycles. The van der Waals surface area contributed by atoms with E-state index in [-0.39, 0.29) is 0 Å². The van der Waals surface area contributed by atoms with E-state index in [1.807, 2.05) is 49.4 Å². The second-order valence-corrected chi connectivity index (χ2v) is 8.94. The van der Waals surface area contributed by atoms with Gasteiger partial charge in [-0.05, 0) is 70.8 Å². The molecule has 0 atom stereocenters. The smallest absolute Gasteiger partial charge is 0.390 e. The van der Waals surface area contributed by atoms with Crippen molar-refractivity contribution < 1.29 is 13.1 Å². The molecule has 3 nitrogen and oxygen atoms in total. The second-order valence-electron chi connectivity index (χ2n) is 8.94. The Labute approximate surface area is 196 Å². The van der Waals surface area contributed by atoms with E-state index in [0.29, 0.717) is 30.1 Å². The number of rotatable bonds is 4. The van der Waals surface area contributed by atoms with E-state index in [0.717, 1.165) is 37.3 Å². The van der Waals surface area contributed by atoms with Gasteiger partial charge in [-0.15, -0.1) is 0 Å². The van der Waals surface area contributed by atoms with Gasteiger partial charge in [0, 0.05) is 29.1 Å². The summed E-state index contributed by atoms with van der Waals surface area (Å²) >= 11 is 0. The molecule has 0 fully saturated rings. The van der Waals surface area contributed by atoms with Crippen LogP contribution in [0.25, 0.3) is 39.3 Å². The molecule has 0 saturated carbocycles. The summed E-state index contributed by atoms with van der Waals surface area (Å²) in [7, 11) is 0. The van der Waals surface area contributed by atoms with Crippen LogP contribution in [0.5, 0.6) is 0 Å². The number of nitrogens with zero attached hydrogens (tertiary/aromatic N) is 2. The van der Waals surface area contributed by atoms with Gasteiger partial charge in [-0.3, -0.25) is 0 Å². The van der Waals surface area contributed by atoms with Crippen molar-refractivity contribution in [2.75, 3.05) is 6.54 Å². The first-order chi connectivity index (χ1) is 16.5. The number of aryl methyl sites for hydroxylation is 1. The summed E-state index contributed by atoms with van der Waals surface area (Å²) in [5.41, 5.74) is 10.2. The fraction of sp³-hybridized carbons (Fsp3) is 0.107. The summed E-state index contributed by atoms with van der Waals surface area (Å²) in [6.07, 6.45) is 9.22. The normalized spacial score (nSPS) is 16.5. The monoisotopic (exact) mass is 451 g/mol. The molecular weight excluding hydrogens is 427 g/mol. The summed E-state index contributed by atoms with van der Waals surface area (Å²) in [5, 5.41) is 4.56. The van der Waals surface area contributed by atoms with Crippen LogP contribution in [0, 0.1) is 6.92 Å². The van der Waals surface area contributed by atoms with Crippen molar-refractivity contribution in [1.29, 1.82) is 0 Å². The van der Waals surface area contributed by atoms with Crippen LogP contribution >= 0.6 is 0 Å². The Morgan fingerprint density at radius 2 is 1.71 bits per heavy atom. The molecular formula is C28H24BF2N3. The summed E-state index contributed by atoms with van der Waals surface area (Å²) in [6.45, 7) is -1.71. The van der Waals surface area contributed by atoms with Crippen molar-refractivity contribution in [3.05, 3.63) is 101 Å². The average Bonchev–Trinajstić information content (AvgIpc) is 3.47. The molecule has 2 aliphatic rings. The van der Waals surface area contributed by atoms with E-state index >= 15 is 8.63 Å². The van der Waals surface area contributed by atoms with Gasteiger partial charge in [0.05, 0.1) is 0 Å². The lowest BCUT2D eigenvalue weighted by molar-refractivity contribution is -0.356. The Hall–Kier alpha value is -3.77. The first kappa shape index (κ1) is 20.8. The van der Waals surface area contributed by atoms with Crippen LogP contribution in [0.1, 0.15) is 28.9 Å². The van der Waals surface area contributed by atoms with Crippen molar-refractivity contribution in [2.45, 2.75) is 13.3 Å². The van der Waals surface area contributed by atoms with E-state index < -0.39 is 6.97 Å². The van der Waals surface area contributed by atoms with Gasteiger partial charge in [0.2, 0.25) is 0 Å². The van der Waals surface area contributed by atoms with Gasteiger partial charge in [0.25, 0.3) is 0 Å². The standard InChI is InChI=1S/C28H24BF2N3/c1-19-17-22(34-28(19)26(14-15-32)27-11-6-16-33(27)29(34,30)31)13-12-21-18-20-7-2-3-8-23(20)25-10-5-4-9-24(21)25/h2-13,16-18H,14-15,32H2,1H3/b13-12+. The maximum absolute atomic E-state index is 15.8. The zero-order valence-corrected chi connectivity index (χ0v) is 18.9. The van der Waals surface area contributed by atoms with Crippen LogP contribution in [0.2, 0.25) is 0 Å². The lowest BCUT2D eigenvalue weighted by Gasteiger charge is -2.32. The van der Waals surface area contributed by atoms with Crippen LogP contribution in [-0.4, -0.2) is 28.7 Å². The zero-order valence-electron chi connectivity index (χ0n) is 18.9. The average molecular weight is 451 g/mol. The summed E-state index contributed by atoms with van der Waals surface area (Å²) in [5.74, 6) is 0. The number of nitrogens with two attached hydrogens (primary N) is 1. The molecule has 2 aliphatic heterocycles. The van der Waals surface area contributed by atoms with Crippen LogP contribution in [0.3, 0.4) is 0 Å². The lowest BCUT2D eigenvalue weighted by atomic mass is 9.86. The maximum atomic E-state index is 15.8. The third kappa shape index (κ3) is 2.95. The van der Waals surface area contributed by atoms with Gasteiger partial charge >= 0.3 is 6.97 Å². The van der Waals surface area contributed by atoms with E-state index in [4.69, 9.17) is 5.73 Å². The highest BCUT2D eigenvalue weighted by Gasteiger charge is 2.52. The second kappa shape index (κ2) is 7.64. The topological polar surface area (TPSA) is 34.0 Å². The zero-order chi connectivity index (χ0) is 23.4. The van der Waals surface area contributed by atoms with Crippen molar-refractivity contribution in [3.8, 4) is 0 Å². The number of hydrogen-bond acceptors (Lipinski definition) is 1. The molecule has 6 rings (SSSR count). The van der Waals surface area contributed by atoms with Gasteiger partial charge in [-0.1, -0.05) is 54.6 Å². The number of hydrogen-bond donors (Lipinski definition) is 1. The molecule has 4 aromatic rings. The van der Waals surface area contributed by atoms with E-state index in [1.54, 1.807) is 12.2 Å². The summed E-state index contributed by atoms with van der Waals surface area (Å²) in [6, 6.07) is 20.5. The van der Waals surface area contributed by atoms with Crippen molar-refractivity contribution in [1.82, 2.24) is 4.48 Å². The predicted molar refractivity (Wildman–Crippen MR) is 139 cm³/mol. The van der Waals surface area contributed by atoms with Crippen LogP contribution in [0.4, 0.5) is 8.63 Å². The molecule has 34 heavy (non-hydrogen) atoms. The molecule has 168 valence electrons. The molecule has 0 aliphatic carbocycles. The quantitative estimate of drug-likeness (QED) is 0.290. The largest absolute Gasteiger partial charge is 0.737 e. The summed E-state index contributed by atoms with van der Waals surface area (Å²) in [4.78, 5) is 0. The van der Waals surface area contributed by atoms with Crippen molar-refractivity contribution in [3.63, 3.8) is 0 Å². The Bertz CT molecular complexity index is 1610. The Kier molecular flexibility index (Phi) is 4.68. The molecule has 0 bridgehead atoms. The van der Waals surface area contributed by atoms with Gasteiger partial charge in [-0.25, -0.2) is 0 Å². The molecule has 0 amide bonds. The minimum Gasteiger partial charge on any atom is -0.390 e. The SMILES string of the molecule is Cc1cc(/C=C/c2cc3ccccc3c3ccccc23)n2c1C(CCN)=C1C=CC=[N+]1[B-]2(F)F. The maximum Gasteiger partial charge on any atom is 0.737 e. The molecule has 2 N–H and O–H groups in total. The molecule has 0 saturated heterocycles. The van der Waals surface area contributed by atoms with Crippen LogP contribution < -0.4 is 5.73 Å².